The molecule has 0 bridgehead atoms. The van der Waals surface area contributed by atoms with Gasteiger partial charge in [-0.3, -0.25) is 4.79 Å². The number of ether oxygens (including phenoxy) is 1. The van der Waals surface area contributed by atoms with Crippen LogP contribution < -0.4 is 5.32 Å². The quantitative estimate of drug-likeness (QED) is 0.879. The Morgan fingerprint density at radius 1 is 1.53 bits per heavy atom. The monoisotopic (exact) mass is 255 g/mol. The van der Waals surface area contributed by atoms with Gasteiger partial charge in [-0.2, -0.15) is 0 Å². The third-order valence-electron chi connectivity index (χ3n) is 2.62. The highest BCUT2D eigenvalue weighted by Gasteiger charge is 2.12. The summed E-state index contributed by atoms with van der Waals surface area (Å²) in [5.41, 5.74) is 2.02. The summed E-state index contributed by atoms with van der Waals surface area (Å²) < 4.78 is 5.21. The van der Waals surface area contributed by atoms with Crippen LogP contribution >= 0.6 is 11.6 Å². The minimum absolute atomic E-state index is 0.105. The molecule has 0 aliphatic heterocycles. The van der Waals surface area contributed by atoms with Crippen molar-refractivity contribution >= 4 is 17.5 Å². The summed E-state index contributed by atoms with van der Waals surface area (Å²) in [6.07, 6.45) is -0.417. The molecule has 1 rings (SSSR count). The van der Waals surface area contributed by atoms with E-state index in [0.717, 1.165) is 16.1 Å². The molecule has 0 heterocycles. The molecule has 1 amide bonds. The fourth-order valence-corrected chi connectivity index (χ4v) is 1.69. The highest BCUT2D eigenvalue weighted by molar-refractivity contribution is 6.31. The number of hydrogen-bond acceptors (Lipinski definition) is 2. The lowest BCUT2D eigenvalue weighted by atomic mass is 10.1. The maximum atomic E-state index is 11.6. The number of halogens is 1. The van der Waals surface area contributed by atoms with Gasteiger partial charge in [0.1, 0.15) is 6.10 Å². The van der Waals surface area contributed by atoms with E-state index in [1.54, 1.807) is 6.92 Å². The lowest BCUT2D eigenvalue weighted by Crippen LogP contribution is -2.34. The van der Waals surface area contributed by atoms with E-state index in [0.29, 0.717) is 13.2 Å². The average molecular weight is 256 g/mol. The fraction of sp³-hybridized carbons (Fsp3) is 0.462. The van der Waals surface area contributed by atoms with Gasteiger partial charge in [0.25, 0.3) is 0 Å². The zero-order valence-electron chi connectivity index (χ0n) is 10.4. The van der Waals surface area contributed by atoms with E-state index in [9.17, 15) is 4.79 Å². The zero-order chi connectivity index (χ0) is 12.8. The van der Waals surface area contributed by atoms with Crippen LogP contribution in [0.15, 0.2) is 18.2 Å². The molecule has 94 valence electrons. The molecule has 1 N–H and O–H groups in total. The van der Waals surface area contributed by atoms with Crippen molar-refractivity contribution in [2.24, 2.45) is 0 Å². The van der Waals surface area contributed by atoms with Gasteiger partial charge in [0.05, 0.1) is 0 Å². The van der Waals surface area contributed by atoms with Crippen LogP contribution in [0.3, 0.4) is 0 Å². The van der Waals surface area contributed by atoms with Gasteiger partial charge in [0.15, 0.2) is 0 Å². The van der Waals surface area contributed by atoms with Gasteiger partial charge in [-0.15, -0.1) is 0 Å². The number of benzene rings is 1. The van der Waals surface area contributed by atoms with E-state index < -0.39 is 6.10 Å². The molecule has 0 aliphatic carbocycles. The highest BCUT2D eigenvalue weighted by atomic mass is 35.5. The summed E-state index contributed by atoms with van der Waals surface area (Å²) >= 11 is 6.00. The van der Waals surface area contributed by atoms with Gasteiger partial charge in [0.2, 0.25) is 5.91 Å². The summed E-state index contributed by atoms with van der Waals surface area (Å²) in [5.74, 6) is -0.105. The first-order valence-corrected chi connectivity index (χ1v) is 6.07. The Morgan fingerprint density at radius 3 is 2.88 bits per heavy atom. The minimum Gasteiger partial charge on any atom is -0.369 e. The lowest BCUT2D eigenvalue weighted by Gasteiger charge is -2.13. The molecular weight excluding hydrogens is 238 g/mol. The normalized spacial score (nSPS) is 12.2. The van der Waals surface area contributed by atoms with Crippen molar-refractivity contribution in [1.29, 1.82) is 0 Å². The number of nitrogens with one attached hydrogen (secondary N) is 1. The molecule has 0 unspecified atom stereocenters. The lowest BCUT2D eigenvalue weighted by molar-refractivity contribution is -0.131. The molecule has 0 spiro atoms. The van der Waals surface area contributed by atoms with Gasteiger partial charge in [-0.05, 0) is 38.0 Å². The van der Waals surface area contributed by atoms with Crippen molar-refractivity contribution < 1.29 is 9.53 Å². The Balaban J connectivity index is 2.56. The van der Waals surface area contributed by atoms with Gasteiger partial charge < -0.3 is 10.1 Å². The summed E-state index contributed by atoms with van der Waals surface area (Å²) in [6.45, 7) is 6.55. The molecule has 0 saturated carbocycles. The van der Waals surface area contributed by atoms with Crippen LogP contribution in [0.1, 0.15) is 25.0 Å². The van der Waals surface area contributed by atoms with Crippen LogP contribution in [0.2, 0.25) is 5.02 Å². The summed E-state index contributed by atoms with van der Waals surface area (Å²) in [5, 5.41) is 3.55. The molecule has 4 heteroatoms. The van der Waals surface area contributed by atoms with Crippen molar-refractivity contribution in [3.05, 3.63) is 34.3 Å². The minimum atomic E-state index is -0.417. The zero-order valence-corrected chi connectivity index (χ0v) is 11.2. The number of rotatable bonds is 5. The Kier molecular flexibility index (Phi) is 5.45. The van der Waals surface area contributed by atoms with E-state index in [2.05, 4.69) is 5.32 Å². The summed E-state index contributed by atoms with van der Waals surface area (Å²) in [7, 11) is 0. The SMILES string of the molecule is CCO[C@H](C)C(=O)NCc1cccc(Cl)c1C. The Morgan fingerprint density at radius 2 is 2.24 bits per heavy atom. The summed E-state index contributed by atoms with van der Waals surface area (Å²) in [6, 6.07) is 5.67. The number of amides is 1. The molecule has 0 aliphatic rings. The Hall–Kier alpha value is -1.06. The first kappa shape index (κ1) is 14.0. The van der Waals surface area contributed by atoms with Crippen LogP contribution in [0.4, 0.5) is 0 Å². The molecule has 0 radical (unpaired) electrons. The van der Waals surface area contributed by atoms with Crippen LogP contribution in [0.5, 0.6) is 0 Å². The van der Waals surface area contributed by atoms with Crippen molar-refractivity contribution in [1.82, 2.24) is 5.32 Å². The standard InChI is InChI=1S/C13H18ClNO2/c1-4-17-10(3)13(16)15-8-11-6-5-7-12(14)9(11)2/h5-7,10H,4,8H2,1-3H3,(H,15,16)/t10-/m1/s1. The largest absolute Gasteiger partial charge is 0.369 e. The Bertz CT molecular complexity index is 393. The molecule has 0 saturated heterocycles. The number of carbonyl (C=O) groups is 1. The molecule has 3 nitrogen and oxygen atoms in total. The maximum absolute atomic E-state index is 11.6. The van der Waals surface area contributed by atoms with Crippen molar-refractivity contribution in [2.75, 3.05) is 6.61 Å². The van der Waals surface area contributed by atoms with Crippen LogP contribution in [-0.4, -0.2) is 18.6 Å². The third kappa shape index (κ3) is 4.02. The molecule has 1 atom stereocenters. The molecule has 0 aromatic heterocycles. The van der Waals surface area contributed by atoms with E-state index in [1.165, 1.54) is 0 Å². The van der Waals surface area contributed by atoms with E-state index in [-0.39, 0.29) is 5.91 Å². The molecule has 1 aromatic carbocycles. The van der Waals surface area contributed by atoms with E-state index in [4.69, 9.17) is 16.3 Å². The highest BCUT2D eigenvalue weighted by Crippen LogP contribution is 2.18. The molecule has 0 fully saturated rings. The predicted octanol–water partition coefficient (Wildman–Crippen LogP) is 2.69. The summed E-state index contributed by atoms with van der Waals surface area (Å²) in [4.78, 5) is 11.6. The predicted molar refractivity (Wildman–Crippen MR) is 69.1 cm³/mol. The molecule has 1 aromatic rings. The number of carbonyl (C=O) groups excluding carboxylic acids is 1. The van der Waals surface area contributed by atoms with E-state index >= 15 is 0 Å². The van der Waals surface area contributed by atoms with Crippen molar-refractivity contribution in [3.8, 4) is 0 Å². The van der Waals surface area contributed by atoms with Gasteiger partial charge in [0, 0.05) is 18.2 Å². The average Bonchev–Trinajstić information content (AvgIpc) is 2.31. The smallest absolute Gasteiger partial charge is 0.249 e. The van der Waals surface area contributed by atoms with Crippen LogP contribution in [0, 0.1) is 6.92 Å². The second-order valence-electron chi connectivity index (χ2n) is 3.84. The maximum Gasteiger partial charge on any atom is 0.249 e. The molecular formula is C13H18ClNO2. The fourth-order valence-electron chi connectivity index (χ4n) is 1.50. The van der Waals surface area contributed by atoms with Gasteiger partial charge in [-0.25, -0.2) is 0 Å². The van der Waals surface area contributed by atoms with E-state index in [1.807, 2.05) is 32.0 Å². The first-order valence-electron chi connectivity index (χ1n) is 5.69. The number of hydrogen-bond donors (Lipinski definition) is 1. The second-order valence-corrected chi connectivity index (χ2v) is 4.25. The van der Waals surface area contributed by atoms with Crippen molar-refractivity contribution in [2.45, 2.75) is 33.4 Å². The first-order chi connectivity index (χ1) is 8.06. The van der Waals surface area contributed by atoms with Gasteiger partial charge in [-0.1, -0.05) is 23.7 Å². The van der Waals surface area contributed by atoms with Gasteiger partial charge >= 0.3 is 0 Å². The Labute approximate surface area is 107 Å². The van der Waals surface area contributed by atoms with Crippen LogP contribution in [-0.2, 0) is 16.1 Å². The van der Waals surface area contributed by atoms with Crippen LogP contribution in [0.25, 0.3) is 0 Å². The third-order valence-corrected chi connectivity index (χ3v) is 3.03. The van der Waals surface area contributed by atoms with Crippen molar-refractivity contribution in [3.63, 3.8) is 0 Å². The molecule has 17 heavy (non-hydrogen) atoms. The second kappa shape index (κ2) is 6.62. The topological polar surface area (TPSA) is 38.3 Å².